The van der Waals surface area contributed by atoms with E-state index in [0.717, 1.165) is 65.6 Å². The van der Waals surface area contributed by atoms with E-state index in [1.165, 1.54) is 22.3 Å². The number of rotatable bonds is 12. The van der Waals surface area contributed by atoms with E-state index in [1.807, 2.05) is 30.3 Å². The molecule has 0 spiro atoms. The molecule has 5 aromatic carbocycles. The summed E-state index contributed by atoms with van der Waals surface area (Å²) < 4.78 is 6.21. The Morgan fingerprint density at radius 1 is 0.795 bits per heavy atom. The summed E-state index contributed by atoms with van der Waals surface area (Å²) in [4.78, 5) is 31.5. The number of hydrogen-bond donors (Lipinski definition) is 9. The normalized spacial score (nSPS) is 23.4. The van der Waals surface area contributed by atoms with E-state index >= 15 is 0 Å². The van der Waals surface area contributed by atoms with Gasteiger partial charge in [-0.05, 0) is 180 Å². The summed E-state index contributed by atoms with van der Waals surface area (Å²) in [5.41, 5.74) is 24.1. The molecular weight excluding hydrogens is 1080 g/mol. The summed E-state index contributed by atoms with van der Waals surface area (Å²) in [6.07, 6.45) is 11.7. The standard InChI is InChI=1S/C69H79N3O9S2/c70-68(71)59-34-49-7-4-8-62-57(23-27-72-62)65(79)36-60-58(49)35-52(59)41-82-83-42-53-37-69(38-66(53)80,26-22-54(75)17-11-45-14-20-64(78)67(31-45)81-28-24-46-13-19-63(77)61(60)30-46)25-21-48(33-55(76)40-74)47-15-16-50(39-73)56-18-12-44(29-51(56)32-47)10-9-43-5-2-1-3-6-43/h1-3,5-6,12-14,18-20,22-23,26-27,29-31,34-35,47-48,50,53,55,60,66,68,72-74,76-78,80H,8-11,15-17,21,24-25,28,32-33,36-42,70-71H2/b26-22+/t47-,48-,50-,53-,55+,60-,66+,69+/m1/s1. The molecule has 0 amide bonds. The first kappa shape index (κ1) is 60.0. The number of aromatic nitrogens is 1. The number of hydrogen-bond acceptors (Lipinski definition) is 13. The Labute approximate surface area is 496 Å². The summed E-state index contributed by atoms with van der Waals surface area (Å²) >= 11 is 0. The quantitative estimate of drug-likeness (QED) is 0.0241. The molecular formula is C69H79N3O9S2. The Morgan fingerprint density at radius 3 is 2.41 bits per heavy atom. The molecule has 2 heterocycles. The van der Waals surface area contributed by atoms with Crippen molar-refractivity contribution >= 4 is 33.2 Å². The second kappa shape index (κ2) is 27.7. The third-order valence-corrected chi connectivity index (χ3v) is 20.6. The van der Waals surface area contributed by atoms with E-state index in [2.05, 4.69) is 65.4 Å². The first-order valence-electron chi connectivity index (χ1n) is 29.6. The number of aromatic amines is 1. The number of H-pyrrole nitrogens is 1. The van der Waals surface area contributed by atoms with Gasteiger partial charge in [0.2, 0.25) is 0 Å². The van der Waals surface area contributed by atoms with Crippen molar-refractivity contribution in [2.75, 3.05) is 25.6 Å². The summed E-state index contributed by atoms with van der Waals surface area (Å²) in [5.74, 6) is 7.41. The number of aryl methyl sites for hydroxylation is 3. The zero-order valence-corrected chi connectivity index (χ0v) is 48.8. The molecule has 14 heteroatoms. The molecule has 12 nitrogen and oxygen atoms in total. The smallest absolute Gasteiger partial charge is 0.165 e. The van der Waals surface area contributed by atoms with Gasteiger partial charge in [-0.25, -0.2) is 0 Å². The van der Waals surface area contributed by atoms with Gasteiger partial charge in [0.15, 0.2) is 23.1 Å². The van der Waals surface area contributed by atoms with Crippen LogP contribution in [0, 0.1) is 35.0 Å². The molecule has 0 unspecified atom stereocenters. The molecule has 1 saturated carbocycles. The van der Waals surface area contributed by atoms with Crippen molar-refractivity contribution < 1.29 is 45.0 Å². The number of aliphatic hydroxyl groups is 4. The summed E-state index contributed by atoms with van der Waals surface area (Å²) in [5, 5.41) is 66.9. The number of fused-ring (bicyclic) bond motifs is 10. The number of phenolic OH excluding ortho intramolecular Hbond substituents is 2. The summed E-state index contributed by atoms with van der Waals surface area (Å²) in [7, 11) is 3.30. The van der Waals surface area contributed by atoms with Crippen LogP contribution in [0.3, 0.4) is 0 Å². The van der Waals surface area contributed by atoms with Crippen LogP contribution < -0.4 is 16.2 Å². The highest BCUT2D eigenvalue weighted by atomic mass is 33.1. The Kier molecular flexibility index (Phi) is 20.0. The molecule has 83 heavy (non-hydrogen) atoms. The van der Waals surface area contributed by atoms with E-state index < -0.39 is 29.7 Å². The van der Waals surface area contributed by atoms with Gasteiger partial charge in [-0.3, -0.25) is 9.59 Å². The van der Waals surface area contributed by atoms with Gasteiger partial charge in [-0.2, -0.15) is 0 Å². The molecule has 0 radical (unpaired) electrons. The highest BCUT2D eigenvalue weighted by Gasteiger charge is 2.44. The number of carbonyl (C=O) groups is 2. The van der Waals surface area contributed by atoms with Crippen molar-refractivity contribution in [2.24, 2.45) is 34.6 Å². The van der Waals surface area contributed by atoms with Crippen molar-refractivity contribution in [2.45, 2.75) is 132 Å². The highest BCUT2D eigenvalue weighted by molar-refractivity contribution is 8.76. The molecule has 10 rings (SSSR count). The lowest BCUT2D eigenvalue weighted by atomic mass is 9.73. The van der Waals surface area contributed by atoms with E-state index in [-0.39, 0.29) is 79.4 Å². The molecule has 436 valence electrons. The Hall–Kier alpha value is -6.12. The summed E-state index contributed by atoms with van der Waals surface area (Å²) in [6, 6.07) is 33.5. The van der Waals surface area contributed by atoms with E-state index in [1.54, 1.807) is 64.2 Å². The Balaban J connectivity index is 0.949. The third kappa shape index (κ3) is 14.9. The lowest BCUT2D eigenvalue weighted by molar-refractivity contribution is -0.114. The number of nitrogens with one attached hydrogen (secondary N) is 1. The first-order chi connectivity index (χ1) is 40.2. The number of nitrogens with two attached hydrogens (primary N) is 2. The topological polar surface area (TPSA) is 233 Å². The van der Waals surface area contributed by atoms with Crippen LogP contribution in [0.1, 0.15) is 153 Å². The van der Waals surface area contributed by atoms with Crippen molar-refractivity contribution in [3.05, 3.63) is 194 Å². The molecule has 4 aliphatic rings. The largest absolute Gasteiger partial charge is 0.508 e. The van der Waals surface area contributed by atoms with Gasteiger partial charge in [-0.15, -0.1) is 0 Å². The molecule has 1 fully saturated rings. The average Bonchev–Trinajstić information content (AvgIpc) is 4.26. The van der Waals surface area contributed by atoms with Crippen molar-refractivity contribution in [3.8, 4) is 29.1 Å². The first-order valence-corrected chi connectivity index (χ1v) is 32.1. The molecule has 8 atom stereocenters. The minimum absolute atomic E-state index is 0.00119. The van der Waals surface area contributed by atoms with E-state index in [0.29, 0.717) is 85.3 Å². The van der Waals surface area contributed by atoms with Crippen LogP contribution in [-0.2, 0) is 49.1 Å². The molecule has 1 aromatic heterocycles. The van der Waals surface area contributed by atoms with Gasteiger partial charge in [0.05, 0.1) is 38.0 Å². The van der Waals surface area contributed by atoms with Gasteiger partial charge >= 0.3 is 0 Å². The maximum absolute atomic E-state index is 14.4. The van der Waals surface area contributed by atoms with Crippen LogP contribution in [0.2, 0.25) is 0 Å². The SMILES string of the molecule is NC(N)c1cc2c3cc1CSSC[C@H]1C[C@](CC[C@H](C[C@H](O)CO)[C@@H]4CC[C@H](CO)c5ccc(CCc6ccccc6)cc5C4)(/C=C/C(=O)CCc4ccc(O)c(c4)OCCc4ccc(O)c(c4)[C@@H]3CC(=O)c3cc[nH]c3CC#C2)C[C@@H]1O. The van der Waals surface area contributed by atoms with Crippen LogP contribution in [-0.4, -0.2) is 85.0 Å². The second-order valence-corrected chi connectivity index (χ2v) is 26.2. The Morgan fingerprint density at radius 2 is 1.60 bits per heavy atom. The number of phenols is 2. The van der Waals surface area contributed by atoms with Gasteiger partial charge in [0.1, 0.15) is 5.75 Å². The number of ether oxygens (including phenoxy) is 1. The fourth-order valence-electron chi connectivity index (χ4n) is 13.5. The van der Waals surface area contributed by atoms with E-state index in [4.69, 9.17) is 16.2 Å². The highest BCUT2D eigenvalue weighted by Crippen LogP contribution is 2.51. The lowest BCUT2D eigenvalue weighted by Crippen LogP contribution is -2.27. The number of ketones is 2. The van der Waals surface area contributed by atoms with Crippen LogP contribution >= 0.6 is 21.6 Å². The van der Waals surface area contributed by atoms with Crippen molar-refractivity contribution in [1.29, 1.82) is 0 Å². The molecule has 0 saturated heterocycles. The van der Waals surface area contributed by atoms with Crippen molar-refractivity contribution in [1.82, 2.24) is 4.98 Å². The van der Waals surface area contributed by atoms with Crippen LogP contribution in [0.4, 0.5) is 0 Å². The van der Waals surface area contributed by atoms with Gasteiger partial charge in [-0.1, -0.05) is 112 Å². The molecule has 6 aromatic rings. The zero-order chi connectivity index (χ0) is 58.0. The van der Waals surface area contributed by atoms with Gasteiger partial charge in [0, 0.05) is 77.8 Å². The predicted molar refractivity (Wildman–Crippen MR) is 330 cm³/mol. The molecule has 8 bridgehead atoms. The van der Waals surface area contributed by atoms with Crippen LogP contribution in [0.25, 0.3) is 0 Å². The number of carbonyl (C=O) groups excluding carboxylic acids is 2. The number of aliphatic hydroxyl groups excluding tert-OH is 4. The van der Waals surface area contributed by atoms with Crippen molar-refractivity contribution in [3.63, 3.8) is 0 Å². The maximum Gasteiger partial charge on any atom is 0.165 e. The second-order valence-electron chi connectivity index (χ2n) is 23.7. The summed E-state index contributed by atoms with van der Waals surface area (Å²) in [6.45, 7) is -0.105. The monoisotopic (exact) mass is 1160 g/mol. The van der Waals surface area contributed by atoms with Gasteiger partial charge in [0.25, 0.3) is 0 Å². The number of allylic oxidation sites excluding steroid dienone is 2. The van der Waals surface area contributed by atoms with Crippen LogP contribution in [0.15, 0.2) is 121 Å². The predicted octanol–water partition coefficient (Wildman–Crippen LogP) is 10.6. The maximum atomic E-state index is 14.4. The number of aromatic hydroxyl groups is 2. The molecule has 3 aliphatic carbocycles. The van der Waals surface area contributed by atoms with Crippen LogP contribution in [0.5, 0.6) is 17.2 Å². The number of benzene rings is 5. The van der Waals surface area contributed by atoms with Gasteiger partial charge < -0.3 is 51.8 Å². The average molecular weight is 1160 g/mol. The third-order valence-electron chi connectivity index (χ3n) is 18.1. The minimum atomic E-state index is -0.908. The van der Waals surface area contributed by atoms with E-state index in [9.17, 15) is 40.2 Å². The zero-order valence-electron chi connectivity index (χ0n) is 47.2. The lowest BCUT2D eigenvalue weighted by Gasteiger charge is -2.33. The fraction of sp³-hybridized carbons (Fsp3) is 0.420. The molecule has 1 aliphatic heterocycles. The number of Topliss-reactive ketones (excluding diaryl/α,β-unsaturated/α-hetero) is 1. The molecule has 11 N–H and O–H groups in total. The Bertz CT molecular complexity index is 3330. The minimum Gasteiger partial charge on any atom is -0.508 e. The fourth-order valence-corrected chi connectivity index (χ4v) is 16.0.